The van der Waals surface area contributed by atoms with Crippen molar-refractivity contribution in [3.63, 3.8) is 0 Å². The highest BCUT2D eigenvalue weighted by Gasteiger charge is 2.29. The molecule has 1 nitrogen and oxygen atoms in total. The van der Waals surface area contributed by atoms with Crippen LogP contribution in [0.25, 0.3) is 0 Å². The van der Waals surface area contributed by atoms with E-state index < -0.39 is 5.82 Å². The third-order valence-corrected chi connectivity index (χ3v) is 6.21. The molecule has 0 fully saturated rings. The van der Waals surface area contributed by atoms with Gasteiger partial charge in [-0.15, -0.1) is 11.3 Å². The van der Waals surface area contributed by atoms with Gasteiger partial charge in [0.2, 0.25) is 0 Å². The summed E-state index contributed by atoms with van der Waals surface area (Å²) in [4.78, 5) is 1.39. The Balaban J connectivity index is 1.99. The van der Waals surface area contributed by atoms with E-state index in [1.54, 1.807) is 23.5 Å². The predicted octanol–water partition coefficient (Wildman–Crippen LogP) is 5.42. The second-order valence-corrected chi connectivity index (χ2v) is 7.32. The Morgan fingerprint density at radius 3 is 3.00 bits per heavy atom. The van der Waals surface area contributed by atoms with Gasteiger partial charge in [0.05, 0.1) is 5.02 Å². The van der Waals surface area contributed by atoms with Gasteiger partial charge in [-0.3, -0.25) is 0 Å². The van der Waals surface area contributed by atoms with Crippen LogP contribution in [0.2, 0.25) is 5.02 Å². The normalized spacial score (nSPS) is 19.7. The highest BCUT2D eigenvalue weighted by atomic mass is 79.9. The van der Waals surface area contributed by atoms with Gasteiger partial charge < -0.3 is 5.73 Å². The van der Waals surface area contributed by atoms with Gasteiger partial charge in [-0.05, 0) is 58.3 Å². The van der Waals surface area contributed by atoms with Gasteiger partial charge in [-0.1, -0.05) is 17.7 Å². The Morgan fingerprint density at radius 1 is 1.40 bits per heavy atom. The van der Waals surface area contributed by atoms with E-state index in [1.807, 2.05) is 0 Å². The smallest absolute Gasteiger partial charge is 0.147 e. The second kappa shape index (κ2) is 5.76. The molecule has 1 heterocycles. The van der Waals surface area contributed by atoms with E-state index >= 15 is 0 Å². The number of hydrogen-bond acceptors (Lipinski definition) is 2. The molecule has 2 aromatic rings. The minimum absolute atomic E-state index is 0.110. The summed E-state index contributed by atoms with van der Waals surface area (Å²) in [5.74, 6) is -0.229. The van der Waals surface area contributed by atoms with Gasteiger partial charge in [-0.2, -0.15) is 0 Å². The zero-order chi connectivity index (χ0) is 14.3. The zero-order valence-electron chi connectivity index (χ0n) is 10.7. The zero-order valence-corrected chi connectivity index (χ0v) is 13.9. The van der Waals surface area contributed by atoms with Crippen LogP contribution < -0.4 is 5.73 Å². The number of halogens is 3. The van der Waals surface area contributed by atoms with E-state index in [2.05, 4.69) is 27.4 Å². The lowest BCUT2D eigenvalue weighted by Crippen LogP contribution is -2.23. The highest BCUT2D eigenvalue weighted by Crippen LogP contribution is 2.43. The number of hydrogen-bond donors (Lipinski definition) is 1. The first-order valence-electron chi connectivity index (χ1n) is 6.55. The number of thiophene rings is 1. The average molecular weight is 375 g/mol. The Hall–Kier alpha value is -0.420. The summed E-state index contributed by atoms with van der Waals surface area (Å²) in [6.45, 7) is 0. The van der Waals surface area contributed by atoms with Crippen molar-refractivity contribution in [2.45, 2.75) is 31.2 Å². The number of nitrogens with two attached hydrogens (primary N) is 1. The Kier molecular flexibility index (Phi) is 4.18. The molecule has 0 bridgehead atoms. The standard InChI is InChI=1S/C15H14BrClFNS/c16-11-5-4-10(14(18)13(11)17)15(19)9-2-1-3-12-8(9)6-7-20-12/h4-7,9,15H,1-3,19H2. The van der Waals surface area contributed by atoms with Crippen LogP contribution in [0.3, 0.4) is 0 Å². The monoisotopic (exact) mass is 373 g/mol. The van der Waals surface area contributed by atoms with Crippen molar-refractivity contribution in [1.29, 1.82) is 0 Å². The molecule has 5 heteroatoms. The quantitative estimate of drug-likeness (QED) is 0.698. The Labute approximate surface area is 135 Å². The summed E-state index contributed by atoms with van der Waals surface area (Å²) in [5, 5.41) is 2.21. The van der Waals surface area contributed by atoms with Gasteiger partial charge >= 0.3 is 0 Å². The van der Waals surface area contributed by atoms with Gasteiger partial charge in [0.15, 0.2) is 0 Å². The summed E-state index contributed by atoms with van der Waals surface area (Å²) in [6, 6.07) is 5.27. The summed E-state index contributed by atoms with van der Waals surface area (Å²) in [6.07, 6.45) is 3.22. The van der Waals surface area contributed by atoms with Gasteiger partial charge in [0.1, 0.15) is 5.82 Å². The van der Waals surface area contributed by atoms with E-state index in [9.17, 15) is 4.39 Å². The molecule has 2 atom stereocenters. The fourth-order valence-electron chi connectivity index (χ4n) is 2.91. The number of fused-ring (bicyclic) bond motifs is 1. The van der Waals surface area contributed by atoms with Crippen molar-refractivity contribution in [3.8, 4) is 0 Å². The van der Waals surface area contributed by atoms with E-state index in [0.717, 1.165) is 19.3 Å². The number of aryl methyl sites for hydroxylation is 1. The fraction of sp³-hybridized carbons (Fsp3) is 0.333. The van der Waals surface area contributed by atoms with Crippen molar-refractivity contribution < 1.29 is 4.39 Å². The highest BCUT2D eigenvalue weighted by molar-refractivity contribution is 9.10. The molecule has 3 rings (SSSR count). The maximum absolute atomic E-state index is 14.3. The van der Waals surface area contributed by atoms with Crippen molar-refractivity contribution in [2.24, 2.45) is 5.73 Å². The van der Waals surface area contributed by atoms with Crippen LogP contribution in [0.1, 0.15) is 40.8 Å². The molecule has 0 spiro atoms. The van der Waals surface area contributed by atoms with Crippen molar-refractivity contribution in [1.82, 2.24) is 0 Å². The summed E-state index contributed by atoms with van der Waals surface area (Å²) in [7, 11) is 0. The molecule has 0 radical (unpaired) electrons. The third-order valence-electron chi connectivity index (χ3n) is 3.96. The molecule has 2 unspecified atom stereocenters. The molecule has 20 heavy (non-hydrogen) atoms. The second-order valence-electron chi connectivity index (χ2n) is 5.09. The average Bonchev–Trinajstić information content (AvgIpc) is 2.92. The Morgan fingerprint density at radius 2 is 2.20 bits per heavy atom. The summed E-state index contributed by atoms with van der Waals surface area (Å²) < 4.78 is 14.9. The summed E-state index contributed by atoms with van der Waals surface area (Å²) >= 11 is 11.0. The van der Waals surface area contributed by atoms with Crippen molar-refractivity contribution in [2.75, 3.05) is 0 Å². The number of benzene rings is 1. The van der Waals surface area contributed by atoms with Crippen LogP contribution in [0.4, 0.5) is 4.39 Å². The van der Waals surface area contributed by atoms with E-state index in [4.69, 9.17) is 17.3 Å². The van der Waals surface area contributed by atoms with Crippen LogP contribution in [0.5, 0.6) is 0 Å². The first-order valence-corrected chi connectivity index (χ1v) is 8.60. The molecule has 1 aromatic carbocycles. The van der Waals surface area contributed by atoms with Crippen LogP contribution in [-0.2, 0) is 6.42 Å². The van der Waals surface area contributed by atoms with Crippen molar-refractivity contribution in [3.05, 3.63) is 54.9 Å². The third kappa shape index (κ3) is 2.43. The maximum atomic E-state index is 14.3. The Bertz CT molecular complexity index is 643. The maximum Gasteiger partial charge on any atom is 0.147 e. The molecular formula is C15H14BrClFNS. The molecule has 1 aliphatic carbocycles. The molecular weight excluding hydrogens is 361 g/mol. The van der Waals surface area contributed by atoms with Crippen LogP contribution in [0.15, 0.2) is 28.1 Å². The molecule has 0 aliphatic heterocycles. The predicted molar refractivity (Wildman–Crippen MR) is 86.0 cm³/mol. The summed E-state index contributed by atoms with van der Waals surface area (Å²) in [5.41, 5.74) is 8.14. The lowest BCUT2D eigenvalue weighted by atomic mass is 9.80. The SMILES string of the molecule is NC(c1ccc(Br)c(Cl)c1F)C1CCCc2sccc21. The van der Waals surface area contributed by atoms with Crippen LogP contribution >= 0.6 is 38.9 Å². The first-order chi connectivity index (χ1) is 9.59. The minimum Gasteiger partial charge on any atom is -0.323 e. The lowest BCUT2D eigenvalue weighted by Gasteiger charge is -2.28. The minimum atomic E-state index is -0.407. The van der Waals surface area contributed by atoms with E-state index in [1.165, 1.54) is 10.4 Å². The fourth-order valence-corrected chi connectivity index (χ4v) is 4.39. The number of rotatable bonds is 2. The molecule has 0 saturated heterocycles. The van der Waals surface area contributed by atoms with E-state index in [0.29, 0.717) is 10.0 Å². The van der Waals surface area contributed by atoms with Crippen molar-refractivity contribution >= 4 is 38.9 Å². The molecule has 106 valence electrons. The molecule has 0 saturated carbocycles. The first kappa shape index (κ1) is 14.5. The van der Waals surface area contributed by atoms with Gasteiger partial charge in [-0.25, -0.2) is 4.39 Å². The molecule has 2 N–H and O–H groups in total. The topological polar surface area (TPSA) is 26.0 Å². The van der Waals surface area contributed by atoms with Gasteiger partial charge in [0, 0.05) is 26.9 Å². The molecule has 0 amide bonds. The molecule has 1 aliphatic rings. The lowest BCUT2D eigenvalue weighted by molar-refractivity contribution is 0.462. The van der Waals surface area contributed by atoms with Crippen LogP contribution in [0, 0.1) is 5.82 Å². The van der Waals surface area contributed by atoms with E-state index in [-0.39, 0.29) is 17.0 Å². The van der Waals surface area contributed by atoms with Crippen LogP contribution in [-0.4, -0.2) is 0 Å². The molecule has 1 aromatic heterocycles. The largest absolute Gasteiger partial charge is 0.323 e. The van der Waals surface area contributed by atoms with Gasteiger partial charge in [0.25, 0.3) is 0 Å².